The number of aromatic hydroxyl groups is 1. The van der Waals surface area contributed by atoms with Crippen LogP contribution in [-0.4, -0.2) is 55.1 Å². The average Bonchev–Trinajstić information content (AvgIpc) is 3.36. The third-order valence-corrected chi connectivity index (χ3v) is 11.4. The number of carboxylic acid groups (broad SMARTS) is 1. The zero-order chi connectivity index (χ0) is 52.8. The molecule has 0 aliphatic heterocycles. The summed E-state index contributed by atoms with van der Waals surface area (Å²) in [7, 11) is -4.85. The number of benzene rings is 6. The Labute approximate surface area is 414 Å². The van der Waals surface area contributed by atoms with Gasteiger partial charge in [0.15, 0.2) is 0 Å². The van der Waals surface area contributed by atoms with Crippen molar-refractivity contribution in [1.82, 2.24) is 19.9 Å². The van der Waals surface area contributed by atoms with Gasteiger partial charge in [0, 0.05) is 41.3 Å². The fourth-order valence-electron chi connectivity index (χ4n) is 6.86. The first-order valence-corrected chi connectivity index (χ1v) is 22.8. The maximum Gasteiger partial charge on any atom is 0.416 e. The number of aliphatic carboxylic acids is 1. The van der Waals surface area contributed by atoms with Crippen LogP contribution in [0.1, 0.15) is 16.7 Å². The van der Waals surface area contributed by atoms with Crippen LogP contribution in [0.15, 0.2) is 177 Å². The van der Waals surface area contributed by atoms with Gasteiger partial charge in [-0.15, -0.1) is 10.2 Å². The Morgan fingerprint density at radius 2 is 1.18 bits per heavy atom. The molecule has 8 aromatic rings. The number of anilines is 4. The van der Waals surface area contributed by atoms with Crippen molar-refractivity contribution in [2.24, 2.45) is 26.2 Å². The highest BCUT2D eigenvalue weighted by Gasteiger charge is 2.31. The first kappa shape index (κ1) is 51.2. The molecule has 0 saturated heterocycles. The van der Waals surface area contributed by atoms with Crippen LogP contribution >= 0.6 is 0 Å². The van der Waals surface area contributed by atoms with E-state index in [0.717, 1.165) is 36.4 Å². The Hall–Kier alpha value is -9.20. The maximum atomic E-state index is 13.2. The number of phenols is 1. The number of nitrogens with two attached hydrogens (primary N) is 1. The quantitative estimate of drug-likeness (QED) is 0.0298. The van der Waals surface area contributed by atoms with E-state index in [2.05, 4.69) is 51.0 Å². The SMILES string of the molecule is N[C@H](Cc1cc(N=Nc2ccccc2-c2ccnc(Nc3ccc(C(F)(F)F)cc3)n2)ccc1Oc1ccc(N=Nc2ccc(O)c(S(=O)(=O)O)c2)c(-c2ccnc(Nc3ccc(C(F)(F)F)cc3)n2)c1)C(=O)O. The molecule has 7 N–H and O–H groups in total. The third kappa shape index (κ3) is 12.8. The number of halogens is 6. The lowest BCUT2D eigenvalue weighted by Crippen LogP contribution is -2.32. The summed E-state index contributed by atoms with van der Waals surface area (Å²) >= 11 is 0. The minimum atomic E-state index is -4.85. The molecule has 0 amide bonds. The average molecular weight is 1040 g/mol. The van der Waals surface area contributed by atoms with Gasteiger partial charge >= 0.3 is 18.3 Å². The van der Waals surface area contributed by atoms with E-state index in [-0.39, 0.29) is 69.4 Å². The Bertz CT molecular complexity index is 3550. The van der Waals surface area contributed by atoms with E-state index in [1.54, 1.807) is 36.4 Å². The summed E-state index contributed by atoms with van der Waals surface area (Å²) < 4.78 is 119. The second-order valence-electron chi connectivity index (χ2n) is 15.7. The Morgan fingerprint density at radius 1 is 0.649 bits per heavy atom. The van der Waals surface area contributed by atoms with Gasteiger partial charge in [0.25, 0.3) is 10.1 Å². The first-order chi connectivity index (χ1) is 35.2. The largest absolute Gasteiger partial charge is 0.506 e. The smallest absolute Gasteiger partial charge is 0.416 e. The van der Waals surface area contributed by atoms with E-state index in [4.69, 9.17) is 10.5 Å². The lowest BCUT2D eigenvalue weighted by Gasteiger charge is -2.15. The molecule has 25 heteroatoms. The van der Waals surface area contributed by atoms with E-state index >= 15 is 0 Å². The van der Waals surface area contributed by atoms with Gasteiger partial charge in [0.1, 0.15) is 28.2 Å². The van der Waals surface area contributed by atoms with Crippen LogP contribution in [0.5, 0.6) is 17.2 Å². The van der Waals surface area contributed by atoms with Gasteiger partial charge < -0.3 is 31.3 Å². The number of hydrogen-bond acceptors (Lipinski definition) is 16. The van der Waals surface area contributed by atoms with Gasteiger partial charge in [-0.05, 0) is 127 Å². The molecule has 6 aromatic carbocycles. The summed E-state index contributed by atoms with van der Waals surface area (Å²) in [6, 6.07) is 29.1. The summed E-state index contributed by atoms with van der Waals surface area (Å²) in [5.41, 5.74) is 7.08. The monoisotopic (exact) mass is 1040 g/mol. The van der Waals surface area contributed by atoms with Crippen LogP contribution in [0.25, 0.3) is 22.5 Å². The number of phenolic OH excluding ortho intramolecular Hbond substituents is 1. The Morgan fingerprint density at radius 3 is 1.73 bits per heavy atom. The number of ether oxygens (including phenoxy) is 1. The van der Waals surface area contributed by atoms with Crippen LogP contribution in [0.2, 0.25) is 0 Å². The van der Waals surface area contributed by atoms with Gasteiger partial charge in [-0.1, -0.05) is 18.2 Å². The molecule has 8 rings (SSSR count). The highest BCUT2D eigenvalue weighted by atomic mass is 32.2. The second-order valence-corrected chi connectivity index (χ2v) is 17.1. The van der Waals surface area contributed by atoms with Crippen molar-refractivity contribution < 1.29 is 59.1 Å². The predicted octanol–water partition coefficient (Wildman–Crippen LogP) is 12.7. The molecular formula is C49H35F6N11O7S. The highest BCUT2D eigenvalue weighted by Crippen LogP contribution is 2.40. The minimum Gasteiger partial charge on any atom is -0.506 e. The van der Waals surface area contributed by atoms with Crippen LogP contribution in [0.3, 0.4) is 0 Å². The fourth-order valence-corrected chi connectivity index (χ4v) is 7.46. The van der Waals surface area contributed by atoms with Crippen molar-refractivity contribution in [3.05, 3.63) is 169 Å². The molecule has 0 aliphatic carbocycles. The van der Waals surface area contributed by atoms with E-state index in [1.807, 2.05) is 0 Å². The van der Waals surface area contributed by atoms with Crippen molar-refractivity contribution in [3.63, 3.8) is 0 Å². The number of azo groups is 2. The number of nitrogens with one attached hydrogen (secondary N) is 2. The van der Waals surface area contributed by atoms with Crippen LogP contribution in [-0.2, 0) is 33.7 Å². The summed E-state index contributed by atoms with van der Waals surface area (Å²) in [5.74, 6) is -1.72. The van der Waals surface area contributed by atoms with Crippen LogP contribution < -0.4 is 21.1 Å². The van der Waals surface area contributed by atoms with Crippen molar-refractivity contribution in [1.29, 1.82) is 0 Å². The minimum absolute atomic E-state index is 0.0411. The number of carbonyl (C=O) groups is 1. The molecule has 0 aliphatic rings. The van der Waals surface area contributed by atoms with Gasteiger partial charge in [-0.2, -0.15) is 45.0 Å². The molecule has 0 spiro atoms. The maximum absolute atomic E-state index is 13.2. The van der Waals surface area contributed by atoms with Crippen LogP contribution in [0.4, 0.5) is 72.4 Å². The molecule has 0 radical (unpaired) electrons. The highest BCUT2D eigenvalue weighted by molar-refractivity contribution is 7.86. The van der Waals surface area contributed by atoms with E-state index in [9.17, 15) is 54.3 Å². The van der Waals surface area contributed by atoms with Crippen molar-refractivity contribution >= 4 is 62.1 Å². The van der Waals surface area contributed by atoms with Gasteiger partial charge in [0.05, 0.1) is 45.3 Å². The van der Waals surface area contributed by atoms with Crippen molar-refractivity contribution in [3.8, 4) is 39.8 Å². The molecule has 0 fully saturated rings. The predicted molar refractivity (Wildman–Crippen MR) is 256 cm³/mol. The number of rotatable bonds is 16. The zero-order valence-corrected chi connectivity index (χ0v) is 38.3. The Kier molecular flexibility index (Phi) is 14.7. The molecule has 2 aromatic heterocycles. The molecular weight excluding hydrogens is 1000 g/mol. The molecule has 0 saturated carbocycles. The first-order valence-electron chi connectivity index (χ1n) is 21.4. The van der Waals surface area contributed by atoms with E-state index in [0.29, 0.717) is 22.6 Å². The molecule has 0 bridgehead atoms. The van der Waals surface area contributed by atoms with E-state index in [1.165, 1.54) is 79.1 Å². The normalized spacial score (nSPS) is 12.5. The molecule has 1 atom stereocenters. The number of aromatic nitrogens is 4. The third-order valence-electron chi connectivity index (χ3n) is 10.5. The molecule has 0 unspecified atom stereocenters. The molecule has 376 valence electrons. The van der Waals surface area contributed by atoms with Crippen LogP contribution in [0, 0.1) is 0 Å². The molecule has 2 heterocycles. The lowest BCUT2D eigenvalue weighted by atomic mass is 10.0. The second kappa shape index (κ2) is 21.3. The number of nitrogens with zero attached hydrogens (tertiary/aromatic N) is 8. The van der Waals surface area contributed by atoms with Crippen molar-refractivity contribution in [2.45, 2.75) is 29.7 Å². The summed E-state index contributed by atoms with van der Waals surface area (Å²) in [6.45, 7) is 0. The zero-order valence-electron chi connectivity index (χ0n) is 37.5. The number of alkyl halides is 6. The Balaban J connectivity index is 1.10. The van der Waals surface area contributed by atoms with Crippen molar-refractivity contribution in [2.75, 3.05) is 10.6 Å². The summed E-state index contributed by atoms with van der Waals surface area (Å²) in [5, 5.41) is 42.7. The molecule has 18 nitrogen and oxygen atoms in total. The fraction of sp³-hybridized carbons (Fsp3) is 0.0816. The van der Waals surface area contributed by atoms with Gasteiger partial charge in [-0.3, -0.25) is 9.35 Å². The van der Waals surface area contributed by atoms with Gasteiger partial charge in [0.2, 0.25) is 11.9 Å². The number of hydrogen-bond donors (Lipinski definition) is 6. The summed E-state index contributed by atoms with van der Waals surface area (Å²) in [6.07, 6.45) is -6.51. The van der Waals surface area contributed by atoms with E-state index < -0.39 is 56.3 Å². The summed E-state index contributed by atoms with van der Waals surface area (Å²) in [4.78, 5) is 28.6. The standard InChI is InChI=1S/C49H35F6N11O7S/c50-48(51,52)28-5-9-30(10-6-28)59-46-57-21-19-38(61-46)35-3-1-2-4-40(35)65-63-32-14-18-43(27(23-32)24-37(56)45(68)69)73-34-15-16-41(66-64-33-13-17-42(67)44(25-33)74(70,71)72)36(26-34)39-20-22-58-47(62-39)60-31-11-7-29(8-12-31)49(53,54)55/h1-23,25-26,37,67H,24,56H2,(H,68,69)(H,57,59,61)(H,58,60,62)(H,70,71,72)/t37-/m1/s1. The topological polar surface area (TPSA) is 272 Å². The van der Waals surface area contributed by atoms with Gasteiger partial charge in [-0.25, -0.2) is 19.9 Å². The lowest BCUT2D eigenvalue weighted by molar-refractivity contribution is -0.139. The number of carboxylic acids is 1. The molecule has 74 heavy (non-hydrogen) atoms.